The van der Waals surface area contributed by atoms with Crippen LogP contribution in [0.2, 0.25) is 0 Å². The average Bonchev–Trinajstić information content (AvgIpc) is 2.46. The van der Waals surface area contributed by atoms with Gasteiger partial charge in [0, 0.05) is 20.7 Å². The molecule has 0 amide bonds. The molecule has 1 fully saturated rings. The molecule has 0 spiro atoms. The molecule has 1 saturated carbocycles. The second-order valence-electron chi connectivity index (χ2n) is 5.92. The Kier molecular flexibility index (Phi) is 3.89. The van der Waals surface area contributed by atoms with Crippen LogP contribution in [0, 0.1) is 11.3 Å². The zero-order chi connectivity index (χ0) is 12.6. The summed E-state index contributed by atoms with van der Waals surface area (Å²) in [5.74, 6) is 0.732. The maximum atomic E-state index is 3.68. The molecule has 1 aliphatic rings. The summed E-state index contributed by atoms with van der Waals surface area (Å²) < 4.78 is 2.26. The summed E-state index contributed by atoms with van der Waals surface area (Å²) in [5, 5.41) is 3.68. The van der Waals surface area contributed by atoms with Crippen molar-refractivity contribution in [3.8, 4) is 0 Å². The Morgan fingerprint density at radius 1 is 1.24 bits per heavy atom. The Morgan fingerprint density at radius 3 is 2.53 bits per heavy atom. The van der Waals surface area contributed by atoms with Crippen LogP contribution in [-0.4, -0.2) is 6.04 Å². The topological polar surface area (TPSA) is 12.0 Å². The van der Waals surface area contributed by atoms with Gasteiger partial charge in [0.15, 0.2) is 0 Å². The number of halogens is 2. The van der Waals surface area contributed by atoms with Crippen molar-refractivity contribution < 1.29 is 0 Å². The minimum absolute atomic E-state index is 0.468. The molecule has 0 bridgehead atoms. The van der Waals surface area contributed by atoms with Crippen LogP contribution < -0.4 is 5.32 Å². The Hall–Kier alpha value is -0.0200. The van der Waals surface area contributed by atoms with E-state index in [0.717, 1.165) is 14.9 Å². The van der Waals surface area contributed by atoms with E-state index < -0.39 is 0 Å². The van der Waals surface area contributed by atoms with Gasteiger partial charge in [-0.1, -0.05) is 36.7 Å². The second-order valence-corrected chi connectivity index (χ2v) is 7.69. The van der Waals surface area contributed by atoms with E-state index in [1.54, 1.807) is 0 Å². The Balaban J connectivity index is 2.14. The quantitative estimate of drug-likeness (QED) is 0.739. The fourth-order valence-corrected chi connectivity index (χ4v) is 3.62. The third kappa shape index (κ3) is 3.25. The zero-order valence-electron chi connectivity index (χ0n) is 10.6. The van der Waals surface area contributed by atoms with Crippen LogP contribution in [0.1, 0.15) is 33.6 Å². The molecule has 1 aromatic carbocycles. The van der Waals surface area contributed by atoms with Crippen LogP contribution in [-0.2, 0) is 0 Å². The van der Waals surface area contributed by atoms with Crippen LogP contribution in [0.15, 0.2) is 27.1 Å². The predicted molar refractivity (Wildman–Crippen MR) is 81.4 cm³/mol. The SMILES string of the molecule is CC1CC(C)(C)CC1Nc1cc(Br)ccc1Br. The van der Waals surface area contributed by atoms with E-state index in [-0.39, 0.29) is 0 Å². The summed E-state index contributed by atoms with van der Waals surface area (Å²) in [4.78, 5) is 0. The minimum Gasteiger partial charge on any atom is -0.381 e. The van der Waals surface area contributed by atoms with Gasteiger partial charge in [-0.05, 0) is 58.3 Å². The third-order valence-electron chi connectivity index (χ3n) is 3.60. The lowest BCUT2D eigenvalue weighted by molar-refractivity contribution is 0.366. The summed E-state index contributed by atoms with van der Waals surface area (Å²) in [6.45, 7) is 7.07. The van der Waals surface area contributed by atoms with Gasteiger partial charge in [-0.25, -0.2) is 0 Å². The Labute approximate surface area is 121 Å². The molecular formula is C14H19Br2N. The lowest BCUT2D eigenvalue weighted by atomic mass is 9.91. The van der Waals surface area contributed by atoms with E-state index >= 15 is 0 Å². The molecule has 0 aliphatic heterocycles. The lowest BCUT2D eigenvalue weighted by Crippen LogP contribution is -2.22. The molecule has 0 heterocycles. The fraction of sp³-hybridized carbons (Fsp3) is 0.571. The maximum Gasteiger partial charge on any atom is 0.0498 e. The lowest BCUT2D eigenvalue weighted by Gasteiger charge is -2.20. The number of hydrogen-bond donors (Lipinski definition) is 1. The van der Waals surface area contributed by atoms with Gasteiger partial charge >= 0.3 is 0 Å². The first kappa shape index (κ1) is 13.4. The highest BCUT2D eigenvalue weighted by atomic mass is 79.9. The number of benzene rings is 1. The molecule has 94 valence electrons. The Bertz CT molecular complexity index is 415. The van der Waals surface area contributed by atoms with E-state index in [0.29, 0.717) is 11.5 Å². The van der Waals surface area contributed by atoms with Gasteiger partial charge in [0.05, 0.1) is 0 Å². The van der Waals surface area contributed by atoms with Gasteiger partial charge in [0.1, 0.15) is 0 Å². The summed E-state index contributed by atoms with van der Waals surface area (Å²) in [6, 6.07) is 6.85. The maximum absolute atomic E-state index is 3.68. The van der Waals surface area contributed by atoms with E-state index in [2.05, 4.69) is 76.1 Å². The first-order valence-electron chi connectivity index (χ1n) is 6.09. The molecular weight excluding hydrogens is 342 g/mol. The molecule has 1 aliphatic carbocycles. The molecule has 17 heavy (non-hydrogen) atoms. The molecule has 1 aromatic rings. The molecule has 1 nitrogen and oxygen atoms in total. The van der Waals surface area contributed by atoms with E-state index in [1.807, 2.05) is 0 Å². The number of hydrogen-bond acceptors (Lipinski definition) is 1. The van der Waals surface area contributed by atoms with Crippen molar-refractivity contribution in [2.75, 3.05) is 5.32 Å². The molecule has 0 aromatic heterocycles. The van der Waals surface area contributed by atoms with Crippen molar-refractivity contribution in [1.82, 2.24) is 0 Å². The molecule has 0 saturated heterocycles. The van der Waals surface area contributed by atoms with Crippen LogP contribution in [0.3, 0.4) is 0 Å². The molecule has 0 radical (unpaired) electrons. The van der Waals surface area contributed by atoms with Crippen molar-refractivity contribution in [1.29, 1.82) is 0 Å². The summed E-state index contributed by atoms with van der Waals surface area (Å²) in [7, 11) is 0. The monoisotopic (exact) mass is 359 g/mol. The van der Waals surface area contributed by atoms with Crippen molar-refractivity contribution in [2.45, 2.75) is 39.7 Å². The van der Waals surface area contributed by atoms with E-state index in [4.69, 9.17) is 0 Å². The highest BCUT2D eigenvalue weighted by molar-refractivity contribution is 9.11. The third-order valence-corrected chi connectivity index (χ3v) is 4.79. The van der Waals surface area contributed by atoms with Crippen LogP contribution in [0.5, 0.6) is 0 Å². The Morgan fingerprint density at radius 2 is 1.94 bits per heavy atom. The van der Waals surface area contributed by atoms with Gasteiger partial charge < -0.3 is 5.32 Å². The van der Waals surface area contributed by atoms with Crippen LogP contribution in [0.25, 0.3) is 0 Å². The fourth-order valence-electron chi connectivity index (χ4n) is 2.89. The van der Waals surface area contributed by atoms with Gasteiger partial charge in [-0.15, -0.1) is 0 Å². The highest BCUT2D eigenvalue weighted by Crippen LogP contribution is 2.42. The van der Waals surface area contributed by atoms with Gasteiger partial charge in [-0.3, -0.25) is 0 Å². The van der Waals surface area contributed by atoms with Crippen molar-refractivity contribution in [3.05, 3.63) is 27.1 Å². The summed E-state index contributed by atoms with van der Waals surface area (Å²) in [5.41, 5.74) is 1.66. The van der Waals surface area contributed by atoms with Crippen LogP contribution >= 0.6 is 31.9 Å². The second kappa shape index (κ2) is 4.93. The molecule has 2 rings (SSSR count). The van der Waals surface area contributed by atoms with E-state index in [1.165, 1.54) is 18.5 Å². The van der Waals surface area contributed by atoms with Gasteiger partial charge in [-0.2, -0.15) is 0 Å². The summed E-state index contributed by atoms with van der Waals surface area (Å²) in [6.07, 6.45) is 2.55. The van der Waals surface area contributed by atoms with Crippen molar-refractivity contribution >= 4 is 37.5 Å². The van der Waals surface area contributed by atoms with Crippen molar-refractivity contribution in [3.63, 3.8) is 0 Å². The van der Waals surface area contributed by atoms with E-state index in [9.17, 15) is 0 Å². The predicted octanol–water partition coefficient (Wildman–Crippen LogP) is 5.45. The number of nitrogens with one attached hydrogen (secondary N) is 1. The normalized spacial score (nSPS) is 27.1. The molecule has 3 heteroatoms. The summed E-state index contributed by atoms with van der Waals surface area (Å²) >= 11 is 7.13. The number of anilines is 1. The standard InChI is InChI=1S/C14H19Br2N/c1-9-7-14(2,3)8-13(9)17-12-6-10(15)4-5-11(12)16/h4-6,9,13,17H,7-8H2,1-3H3. The van der Waals surface area contributed by atoms with Crippen molar-refractivity contribution in [2.24, 2.45) is 11.3 Å². The van der Waals surface area contributed by atoms with Crippen LogP contribution in [0.4, 0.5) is 5.69 Å². The van der Waals surface area contributed by atoms with Gasteiger partial charge in [0.25, 0.3) is 0 Å². The zero-order valence-corrected chi connectivity index (χ0v) is 13.7. The largest absolute Gasteiger partial charge is 0.381 e. The molecule has 2 unspecified atom stereocenters. The smallest absolute Gasteiger partial charge is 0.0498 e. The number of rotatable bonds is 2. The highest BCUT2D eigenvalue weighted by Gasteiger charge is 2.36. The first-order chi connectivity index (χ1) is 7.87. The minimum atomic E-state index is 0.468. The average molecular weight is 361 g/mol. The molecule has 2 atom stereocenters. The first-order valence-corrected chi connectivity index (χ1v) is 7.67. The van der Waals surface area contributed by atoms with Gasteiger partial charge in [0.2, 0.25) is 0 Å². The molecule has 1 N–H and O–H groups in total.